The maximum atomic E-state index is 5.66. The van der Waals surface area contributed by atoms with Crippen LogP contribution in [0.5, 0.6) is 11.5 Å². The van der Waals surface area contributed by atoms with Gasteiger partial charge in [0.25, 0.3) is 5.89 Å². The van der Waals surface area contributed by atoms with Gasteiger partial charge in [-0.15, -0.1) is 10.2 Å². The van der Waals surface area contributed by atoms with Crippen LogP contribution in [-0.2, 0) is 0 Å². The van der Waals surface area contributed by atoms with Gasteiger partial charge in [0, 0.05) is 0 Å². The average molecular weight is 204 g/mol. The van der Waals surface area contributed by atoms with Gasteiger partial charge < -0.3 is 13.9 Å². The third kappa shape index (κ3) is 1.41. The molecule has 0 radical (unpaired) electrons. The summed E-state index contributed by atoms with van der Waals surface area (Å²) in [4.78, 5) is 0. The van der Waals surface area contributed by atoms with Gasteiger partial charge in [-0.25, -0.2) is 0 Å². The van der Waals surface area contributed by atoms with Crippen molar-refractivity contribution in [1.82, 2.24) is 10.2 Å². The molecule has 76 valence electrons. The molecular weight excluding hydrogens is 196 g/mol. The number of hydrogen-bond acceptors (Lipinski definition) is 5. The minimum Gasteiger partial charge on any atom is -0.485 e. The smallest absolute Gasteiger partial charge is 0.260 e. The lowest BCUT2D eigenvalue weighted by Crippen LogP contribution is -2.21. The van der Waals surface area contributed by atoms with Gasteiger partial charge in [0.2, 0.25) is 12.5 Å². The molecule has 1 aliphatic rings. The highest BCUT2D eigenvalue weighted by molar-refractivity contribution is 5.40. The summed E-state index contributed by atoms with van der Waals surface area (Å²) in [6, 6.07) is 7.49. The summed E-state index contributed by atoms with van der Waals surface area (Å²) in [7, 11) is 0. The molecular formula is C10H8N2O3. The highest BCUT2D eigenvalue weighted by atomic mass is 16.6. The Morgan fingerprint density at radius 2 is 2.07 bits per heavy atom. The third-order valence-corrected chi connectivity index (χ3v) is 2.16. The monoisotopic (exact) mass is 204 g/mol. The Hall–Kier alpha value is -2.04. The van der Waals surface area contributed by atoms with Crippen molar-refractivity contribution in [3.05, 3.63) is 36.5 Å². The Bertz CT molecular complexity index is 455. The Labute approximate surface area is 85.6 Å². The third-order valence-electron chi connectivity index (χ3n) is 2.16. The summed E-state index contributed by atoms with van der Waals surface area (Å²) in [5.41, 5.74) is 0. The predicted octanol–water partition coefficient (Wildman–Crippen LogP) is 1.58. The van der Waals surface area contributed by atoms with Crippen LogP contribution >= 0.6 is 0 Å². The molecule has 0 saturated heterocycles. The van der Waals surface area contributed by atoms with Gasteiger partial charge in [-0.2, -0.15) is 0 Å². The Kier molecular flexibility index (Phi) is 1.81. The maximum absolute atomic E-state index is 5.66. The van der Waals surface area contributed by atoms with Crippen molar-refractivity contribution in [2.24, 2.45) is 0 Å². The van der Waals surface area contributed by atoms with Crippen LogP contribution in [0, 0.1) is 0 Å². The highest BCUT2D eigenvalue weighted by Gasteiger charge is 2.25. The van der Waals surface area contributed by atoms with Crippen LogP contribution < -0.4 is 9.47 Å². The van der Waals surface area contributed by atoms with Crippen LogP contribution in [0.3, 0.4) is 0 Å². The summed E-state index contributed by atoms with van der Waals surface area (Å²) in [6.07, 6.45) is 0.960. The average Bonchev–Trinajstić information content (AvgIpc) is 2.82. The Morgan fingerprint density at radius 3 is 2.87 bits per heavy atom. The molecule has 1 unspecified atom stereocenters. The Balaban J connectivity index is 1.89. The minimum atomic E-state index is -0.317. The molecule has 0 spiro atoms. The van der Waals surface area contributed by atoms with E-state index < -0.39 is 0 Å². The van der Waals surface area contributed by atoms with Crippen molar-refractivity contribution < 1.29 is 13.9 Å². The molecule has 1 aliphatic heterocycles. The number of benzene rings is 1. The summed E-state index contributed by atoms with van der Waals surface area (Å²) in [6.45, 7) is 0.388. The minimum absolute atomic E-state index is 0.317. The summed E-state index contributed by atoms with van der Waals surface area (Å²) < 4.78 is 16.2. The van der Waals surface area contributed by atoms with E-state index >= 15 is 0 Å². The fourth-order valence-corrected chi connectivity index (χ4v) is 1.46. The van der Waals surface area contributed by atoms with Gasteiger partial charge in [0.05, 0.1) is 0 Å². The van der Waals surface area contributed by atoms with E-state index in [1.54, 1.807) is 0 Å². The van der Waals surface area contributed by atoms with Gasteiger partial charge in [-0.1, -0.05) is 12.1 Å². The molecule has 0 saturated carbocycles. The highest BCUT2D eigenvalue weighted by Crippen LogP contribution is 2.35. The number of hydrogen-bond donors (Lipinski definition) is 0. The zero-order chi connectivity index (χ0) is 10.1. The molecule has 3 rings (SSSR count). The van der Waals surface area contributed by atoms with Crippen LogP contribution in [0.4, 0.5) is 0 Å². The van der Waals surface area contributed by atoms with Crippen LogP contribution in [-0.4, -0.2) is 16.8 Å². The molecule has 0 N–H and O–H groups in total. The number of aromatic nitrogens is 2. The van der Waals surface area contributed by atoms with Gasteiger partial charge >= 0.3 is 0 Å². The SMILES string of the molecule is c1ccc2c(c1)OCC(c1nnco1)O2. The first-order valence-corrected chi connectivity index (χ1v) is 4.58. The Morgan fingerprint density at radius 1 is 1.20 bits per heavy atom. The van der Waals surface area contributed by atoms with E-state index in [0.717, 1.165) is 5.75 Å². The molecule has 0 fully saturated rings. The van der Waals surface area contributed by atoms with Crippen molar-refractivity contribution in [3.63, 3.8) is 0 Å². The van der Waals surface area contributed by atoms with E-state index in [-0.39, 0.29) is 6.10 Å². The normalized spacial score (nSPS) is 18.8. The van der Waals surface area contributed by atoms with E-state index in [1.165, 1.54) is 6.39 Å². The second-order valence-electron chi connectivity index (χ2n) is 3.14. The summed E-state index contributed by atoms with van der Waals surface area (Å²) >= 11 is 0. The van der Waals surface area contributed by atoms with Gasteiger partial charge in [-0.05, 0) is 12.1 Å². The number of rotatable bonds is 1. The predicted molar refractivity (Wildman–Crippen MR) is 49.6 cm³/mol. The molecule has 0 aliphatic carbocycles. The van der Waals surface area contributed by atoms with Crippen molar-refractivity contribution >= 4 is 0 Å². The quantitative estimate of drug-likeness (QED) is 0.705. The van der Waals surface area contributed by atoms with Crippen LogP contribution in [0.2, 0.25) is 0 Å². The van der Waals surface area contributed by atoms with Crippen molar-refractivity contribution in [1.29, 1.82) is 0 Å². The molecule has 5 heteroatoms. The molecule has 1 aromatic heterocycles. The van der Waals surface area contributed by atoms with Gasteiger partial charge in [0.1, 0.15) is 6.61 Å². The number of nitrogens with zero attached hydrogens (tertiary/aromatic N) is 2. The lowest BCUT2D eigenvalue weighted by molar-refractivity contribution is 0.0712. The summed E-state index contributed by atoms with van der Waals surface area (Å²) in [5, 5.41) is 7.39. The zero-order valence-electron chi connectivity index (χ0n) is 7.79. The topological polar surface area (TPSA) is 57.4 Å². The summed E-state index contributed by atoms with van der Waals surface area (Å²) in [5.74, 6) is 1.88. The molecule has 1 aromatic carbocycles. The first kappa shape index (κ1) is 8.28. The standard InChI is InChI=1S/C10H8N2O3/c1-2-4-8-7(3-1)13-5-9(15-8)10-12-11-6-14-10/h1-4,6,9H,5H2. The van der Waals surface area contributed by atoms with E-state index in [9.17, 15) is 0 Å². The van der Waals surface area contributed by atoms with Crippen molar-refractivity contribution in [2.75, 3.05) is 6.61 Å². The van der Waals surface area contributed by atoms with E-state index in [0.29, 0.717) is 18.2 Å². The molecule has 0 amide bonds. The second-order valence-corrected chi connectivity index (χ2v) is 3.14. The number of ether oxygens (including phenoxy) is 2. The van der Waals surface area contributed by atoms with E-state index in [1.807, 2.05) is 24.3 Å². The molecule has 1 atom stereocenters. The van der Waals surface area contributed by atoms with Crippen molar-refractivity contribution in [3.8, 4) is 11.5 Å². The van der Waals surface area contributed by atoms with Crippen molar-refractivity contribution in [2.45, 2.75) is 6.10 Å². The maximum Gasteiger partial charge on any atom is 0.260 e. The largest absolute Gasteiger partial charge is 0.485 e. The van der Waals surface area contributed by atoms with Crippen LogP contribution in [0.15, 0.2) is 35.1 Å². The first-order valence-electron chi connectivity index (χ1n) is 4.58. The second kappa shape index (κ2) is 3.27. The molecule has 0 bridgehead atoms. The zero-order valence-corrected chi connectivity index (χ0v) is 7.79. The van der Waals surface area contributed by atoms with Gasteiger partial charge in [0.15, 0.2) is 11.5 Å². The number of fused-ring (bicyclic) bond motifs is 1. The molecule has 15 heavy (non-hydrogen) atoms. The molecule has 2 aromatic rings. The lowest BCUT2D eigenvalue weighted by Gasteiger charge is -2.23. The number of para-hydroxylation sites is 2. The lowest BCUT2D eigenvalue weighted by atomic mass is 10.2. The van der Waals surface area contributed by atoms with Gasteiger partial charge in [-0.3, -0.25) is 0 Å². The van der Waals surface area contributed by atoms with E-state index in [2.05, 4.69) is 10.2 Å². The molecule has 5 nitrogen and oxygen atoms in total. The van der Waals surface area contributed by atoms with Crippen LogP contribution in [0.1, 0.15) is 12.0 Å². The molecule has 2 heterocycles. The fourth-order valence-electron chi connectivity index (χ4n) is 1.46. The fraction of sp³-hybridized carbons (Fsp3) is 0.200. The first-order chi connectivity index (χ1) is 7.43. The van der Waals surface area contributed by atoms with Crippen LogP contribution in [0.25, 0.3) is 0 Å². The van der Waals surface area contributed by atoms with E-state index in [4.69, 9.17) is 13.9 Å².